The first-order valence-electron chi connectivity index (χ1n) is 7.38. The van der Waals surface area contributed by atoms with E-state index in [1.165, 1.54) is 12.8 Å². The summed E-state index contributed by atoms with van der Waals surface area (Å²) in [6.07, 6.45) is 4.11. The van der Waals surface area contributed by atoms with Gasteiger partial charge in [-0.2, -0.15) is 0 Å². The van der Waals surface area contributed by atoms with Gasteiger partial charge in [0.05, 0.1) is 6.54 Å². The van der Waals surface area contributed by atoms with Crippen LogP contribution in [0.2, 0.25) is 0 Å². The van der Waals surface area contributed by atoms with Crippen LogP contribution in [0.25, 0.3) is 0 Å². The number of likely N-dealkylation sites (tertiary alicyclic amines) is 1. The number of hydrogen-bond donors (Lipinski definition) is 2. The van der Waals surface area contributed by atoms with Crippen LogP contribution >= 0.6 is 0 Å². The van der Waals surface area contributed by atoms with Gasteiger partial charge in [-0.1, -0.05) is 11.8 Å². The maximum atomic E-state index is 12.0. The van der Waals surface area contributed by atoms with Crippen molar-refractivity contribution < 1.29 is 4.79 Å². The molecule has 0 spiro atoms. The highest BCUT2D eigenvalue weighted by atomic mass is 16.1. The second kappa shape index (κ2) is 7.77. The predicted molar refractivity (Wildman–Crippen MR) is 82.8 cm³/mol. The lowest BCUT2D eigenvalue weighted by Crippen LogP contribution is -2.40. The van der Waals surface area contributed by atoms with Crippen LogP contribution in [0.15, 0.2) is 18.3 Å². The molecule has 1 saturated heterocycles. The molecule has 1 amide bonds. The van der Waals surface area contributed by atoms with Crippen LogP contribution in [0.1, 0.15) is 35.8 Å². The van der Waals surface area contributed by atoms with Gasteiger partial charge >= 0.3 is 0 Å². The van der Waals surface area contributed by atoms with E-state index < -0.39 is 0 Å². The van der Waals surface area contributed by atoms with E-state index in [1.54, 1.807) is 18.3 Å². The summed E-state index contributed by atoms with van der Waals surface area (Å²) in [6.45, 7) is 5.37. The minimum Gasteiger partial charge on any atom is -0.349 e. The van der Waals surface area contributed by atoms with E-state index in [0.717, 1.165) is 18.7 Å². The van der Waals surface area contributed by atoms with Gasteiger partial charge in [0.15, 0.2) is 0 Å². The molecule has 3 N–H and O–H groups in total. The van der Waals surface area contributed by atoms with Gasteiger partial charge in [-0.25, -0.2) is 4.98 Å². The molecule has 0 aromatic carbocycles. The molecule has 5 nitrogen and oxygen atoms in total. The molecular formula is C16H22N4O. The Morgan fingerprint density at radius 3 is 2.86 bits per heavy atom. The van der Waals surface area contributed by atoms with Crippen molar-refractivity contribution >= 4 is 5.91 Å². The van der Waals surface area contributed by atoms with Gasteiger partial charge in [0, 0.05) is 24.3 Å². The summed E-state index contributed by atoms with van der Waals surface area (Å²) >= 11 is 0. The fraction of sp³-hybridized carbons (Fsp3) is 0.500. The van der Waals surface area contributed by atoms with Gasteiger partial charge in [0.2, 0.25) is 0 Å². The number of nitrogens with two attached hydrogens (primary N) is 1. The van der Waals surface area contributed by atoms with Crippen molar-refractivity contribution in [3.05, 3.63) is 29.6 Å². The van der Waals surface area contributed by atoms with Crippen molar-refractivity contribution in [1.29, 1.82) is 0 Å². The van der Waals surface area contributed by atoms with E-state index >= 15 is 0 Å². The summed E-state index contributed by atoms with van der Waals surface area (Å²) in [5, 5.41) is 2.94. The van der Waals surface area contributed by atoms with Crippen LogP contribution in [0.4, 0.5) is 0 Å². The molecule has 1 aromatic heterocycles. The van der Waals surface area contributed by atoms with Crippen LogP contribution in [0.3, 0.4) is 0 Å². The molecule has 21 heavy (non-hydrogen) atoms. The number of carbonyl (C=O) groups is 1. The van der Waals surface area contributed by atoms with E-state index in [2.05, 4.69) is 34.0 Å². The Hall–Kier alpha value is -1.90. The maximum Gasteiger partial charge on any atom is 0.269 e. The van der Waals surface area contributed by atoms with Crippen LogP contribution in [0, 0.1) is 11.8 Å². The fourth-order valence-corrected chi connectivity index (χ4v) is 2.40. The molecule has 5 heteroatoms. The van der Waals surface area contributed by atoms with Crippen molar-refractivity contribution in [3.63, 3.8) is 0 Å². The number of nitrogens with zero attached hydrogens (tertiary/aromatic N) is 2. The monoisotopic (exact) mass is 286 g/mol. The third kappa shape index (κ3) is 4.55. The molecule has 1 aromatic rings. The molecule has 0 aliphatic carbocycles. The summed E-state index contributed by atoms with van der Waals surface area (Å²) in [7, 11) is 0. The van der Waals surface area contributed by atoms with Crippen molar-refractivity contribution in [1.82, 2.24) is 15.2 Å². The molecule has 1 aliphatic heterocycles. The highest BCUT2D eigenvalue weighted by Crippen LogP contribution is 2.10. The zero-order valence-corrected chi connectivity index (χ0v) is 12.4. The standard InChI is InChI=1S/C16H22N4O/c1-13(20-9-2-3-10-20)11-19-16(21)15-7-6-14(12-18-15)5-4-8-17/h6-7,12-13H,2-3,8-11,17H2,1H3,(H,19,21). The second-order valence-electron chi connectivity index (χ2n) is 5.24. The molecule has 1 aliphatic rings. The van der Waals surface area contributed by atoms with Gasteiger partial charge in [0.1, 0.15) is 5.69 Å². The number of carbonyl (C=O) groups excluding carboxylic acids is 1. The van der Waals surface area contributed by atoms with Gasteiger partial charge in [0.25, 0.3) is 5.91 Å². The summed E-state index contributed by atoms with van der Waals surface area (Å²) in [6, 6.07) is 3.84. The quantitative estimate of drug-likeness (QED) is 0.795. The topological polar surface area (TPSA) is 71.2 Å². The van der Waals surface area contributed by atoms with Gasteiger partial charge in [-0.15, -0.1) is 0 Å². The Morgan fingerprint density at radius 1 is 1.48 bits per heavy atom. The minimum atomic E-state index is -0.139. The van der Waals surface area contributed by atoms with Crippen LogP contribution in [0.5, 0.6) is 0 Å². The summed E-state index contributed by atoms with van der Waals surface area (Å²) in [4.78, 5) is 18.6. The largest absolute Gasteiger partial charge is 0.349 e. The molecule has 0 saturated carbocycles. The van der Waals surface area contributed by atoms with E-state index in [9.17, 15) is 4.79 Å². The number of amides is 1. The molecule has 0 radical (unpaired) electrons. The Labute approximate surface area is 125 Å². The van der Waals surface area contributed by atoms with Crippen LogP contribution < -0.4 is 11.1 Å². The Balaban J connectivity index is 1.85. The Kier molecular flexibility index (Phi) is 5.73. The summed E-state index contributed by atoms with van der Waals surface area (Å²) < 4.78 is 0. The zero-order valence-electron chi connectivity index (χ0n) is 12.4. The molecule has 1 atom stereocenters. The number of nitrogens with one attached hydrogen (secondary N) is 1. The maximum absolute atomic E-state index is 12.0. The smallest absolute Gasteiger partial charge is 0.269 e. The van der Waals surface area contributed by atoms with E-state index in [-0.39, 0.29) is 5.91 Å². The summed E-state index contributed by atoms with van der Waals surface area (Å²) in [5.41, 5.74) is 6.50. The van der Waals surface area contributed by atoms with E-state index in [0.29, 0.717) is 24.8 Å². The highest BCUT2D eigenvalue weighted by molar-refractivity contribution is 5.92. The van der Waals surface area contributed by atoms with Gasteiger partial charge in [-0.05, 0) is 45.0 Å². The lowest BCUT2D eigenvalue weighted by molar-refractivity contribution is 0.0935. The lowest BCUT2D eigenvalue weighted by Gasteiger charge is -2.23. The molecule has 2 heterocycles. The number of aromatic nitrogens is 1. The number of rotatable bonds is 4. The van der Waals surface area contributed by atoms with Crippen molar-refractivity contribution in [2.75, 3.05) is 26.2 Å². The first-order chi connectivity index (χ1) is 10.2. The van der Waals surface area contributed by atoms with Gasteiger partial charge < -0.3 is 11.1 Å². The minimum absolute atomic E-state index is 0.139. The Bertz CT molecular complexity index is 523. The number of hydrogen-bond acceptors (Lipinski definition) is 4. The number of pyridine rings is 1. The first kappa shape index (κ1) is 15.5. The second-order valence-corrected chi connectivity index (χ2v) is 5.24. The molecular weight excluding hydrogens is 264 g/mol. The third-order valence-corrected chi connectivity index (χ3v) is 3.65. The van der Waals surface area contributed by atoms with Gasteiger partial charge in [-0.3, -0.25) is 9.69 Å². The lowest BCUT2D eigenvalue weighted by atomic mass is 10.2. The highest BCUT2D eigenvalue weighted by Gasteiger charge is 2.18. The first-order valence-corrected chi connectivity index (χ1v) is 7.38. The molecule has 1 unspecified atom stereocenters. The SMILES string of the molecule is CC(CNC(=O)c1ccc(C#CCN)cn1)N1CCCC1. The van der Waals surface area contributed by atoms with Crippen molar-refractivity contribution in [2.45, 2.75) is 25.8 Å². The van der Waals surface area contributed by atoms with Crippen LogP contribution in [-0.2, 0) is 0 Å². The molecule has 0 bridgehead atoms. The Morgan fingerprint density at radius 2 is 2.24 bits per heavy atom. The van der Waals surface area contributed by atoms with Crippen molar-refractivity contribution in [2.24, 2.45) is 5.73 Å². The molecule has 1 fully saturated rings. The third-order valence-electron chi connectivity index (χ3n) is 3.65. The average molecular weight is 286 g/mol. The van der Waals surface area contributed by atoms with E-state index in [4.69, 9.17) is 5.73 Å². The predicted octanol–water partition coefficient (Wildman–Crippen LogP) is 0.606. The summed E-state index contributed by atoms with van der Waals surface area (Å²) in [5.74, 6) is 5.50. The zero-order chi connectivity index (χ0) is 15.1. The normalized spacial score (nSPS) is 16.1. The van der Waals surface area contributed by atoms with E-state index in [1.807, 2.05) is 0 Å². The average Bonchev–Trinajstić information content (AvgIpc) is 3.05. The van der Waals surface area contributed by atoms with Crippen LogP contribution in [-0.4, -0.2) is 48.0 Å². The fourth-order valence-electron chi connectivity index (χ4n) is 2.40. The molecule has 2 rings (SSSR count). The molecule has 112 valence electrons. The van der Waals surface area contributed by atoms with Crippen molar-refractivity contribution in [3.8, 4) is 11.8 Å².